The highest BCUT2D eigenvalue weighted by Gasteiger charge is 2.24. The minimum absolute atomic E-state index is 0.0697. The first-order valence-electron chi connectivity index (χ1n) is 9.57. The minimum Gasteiger partial charge on any atom is -0.491 e. The molecule has 1 atom stereocenters. The zero-order valence-electron chi connectivity index (χ0n) is 14.9. The first-order chi connectivity index (χ1) is 11.8. The number of carbonyl (C=O) groups excluding carboxylic acids is 1. The number of benzene rings is 1. The van der Waals surface area contributed by atoms with Crippen LogP contribution in [0, 0.1) is 0 Å². The van der Waals surface area contributed by atoms with Crippen LogP contribution >= 0.6 is 0 Å². The number of fused-ring (bicyclic) bond motifs is 1. The predicted molar refractivity (Wildman–Crippen MR) is 96.6 cm³/mol. The van der Waals surface area contributed by atoms with Crippen molar-refractivity contribution in [2.24, 2.45) is 0 Å². The van der Waals surface area contributed by atoms with Crippen LogP contribution in [-0.2, 0) is 12.8 Å². The Morgan fingerprint density at radius 3 is 3.00 bits per heavy atom. The van der Waals surface area contributed by atoms with Crippen LogP contribution in [0.1, 0.15) is 56.6 Å². The van der Waals surface area contributed by atoms with E-state index >= 15 is 0 Å². The summed E-state index contributed by atoms with van der Waals surface area (Å²) in [6, 6.07) is 6.83. The molecule has 1 aliphatic carbocycles. The zero-order chi connectivity index (χ0) is 16.8. The Kier molecular flexibility index (Phi) is 6.00. The van der Waals surface area contributed by atoms with Crippen molar-refractivity contribution < 1.29 is 9.53 Å². The molecule has 0 saturated carbocycles. The number of ether oxygens (including phenoxy) is 1. The lowest BCUT2D eigenvalue weighted by molar-refractivity contribution is 0.147. The van der Waals surface area contributed by atoms with Crippen LogP contribution < -0.4 is 10.1 Å². The molecule has 1 fully saturated rings. The van der Waals surface area contributed by atoms with E-state index in [1.807, 2.05) is 4.90 Å². The van der Waals surface area contributed by atoms with Gasteiger partial charge in [-0.15, -0.1) is 0 Å². The van der Waals surface area contributed by atoms with Crippen molar-refractivity contribution in [1.29, 1.82) is 0 Å². The van der Waals surface area contributed by atoms with E-state index in [0.29, 0.717) is 19.2 Å². The van der Waals surface area contributed by atoms with Crippen LogP contribution in [0.15, 0.2) is 18.2 Å². The largest absolute Gasteiger partial charge is 0.491 e. The van der Waals surface area contributed by atoms with Crippen LogP contribution in [0.3, 0.4) is 0 Å². The first kappa shape index (κ1) is 17.1. The average Bonchev–Trinajstić information content (AvgIpc) is 2.65. The lowest BCUT2D eigenvalue weighted by atomic mass is 9.91. The Hall–Kier alpha value is -1.71. The van der Waals surface area contributed by atoms with Crippen LogP contribution in [0.2, 0.25) is 0 Å². The van der Waals surface area contributed by atoms with Crippen LogP contribution in [0.4, 0.5) is 4.79 Å². The van der Waals surface area contributed by atoms with Gasteiger partial charge in [-0.2, -0.15) is 0 Å². The predicted octanol–water partition coefficient (Wildman–Crippen LogP) is 3.92. The second-order valence-corrected chi connectivity index (χ2v) is 6.93. The fourth-order valence-corrected chi connectivity index (χ4v) is 3.99. The topological polar surface area (TPSA) is 41.6 Å². The number of rotatable bonds is 5. The molecule has 1 aromatic rings. The van der Waals surface area contributed by atoms with Crippen molar-refractivity contribution in [2.75, 3.05) is 19.7 Å². The molecule has 4 heteroatoms. The van der Waals surface area contributed by atoms with E-state index in [2.05, 4.69) is 30.4 Å². The second-order valence-electron chi connectivity index (χ2n) is 6.93. The molecule has 2 amide bonds. The SMILES string of the molecule is CCC1CCCCN1C(=O)NCCOc1cccc2c1CCCC2. The highest BCUT2D eigenvalue weighted by molar-refractivity contribution is 5.74. The Bertz CT molecular complexity index is 559. The van der Waals surface area contributed by atoms with E-state index < -0.39 is 0 Å². The molecule has 132 valence electrons. The van der Waals surface area contributed by atoms with Gasteiger partial charge in [0, 0.05) is 12.6 Å². The van der Waals surface area contributed by atoms with E-state index in [0.717, 1.165) is 44.4 Å². The lowest BCUT2D eigenvalue weighted by Crippen LogP contribution is -2.49. The monoisotopic (exact) mass is 330 g/mol. The van der Waals surface area contributed by atoms with E-state index in [-0.39, 0.29) is 6.03 Å². The molecular weight excluding hydrogens is 300 g/mol. The smallest absolute Gasteiger partial charge is 0.317 e. The van der Waals surface area contributed by atoms with Gasteiger partial charge in [0.05, 0.1) is 6.54 Å². The number of likely N-dealkylation sites (tertiary alicyclic amines) is 1. The number of hydrogen-bond donors (Lipinski definition) is 1. The summed E-state index contributed by atoms with van der Waals surface area (Å²) in [4.78, 5) is 14.4. The van der Waals surface area contributed by atoms with E-state index in [1.165, 1.54) is 30.4 Å². The molecule has 3 rings (SSSR count). The summed E-state index contributed by atoms with van der Waals surface area (Å²) in [5.41, 5.74) is 2.80. The normalized spacial score (nSPS) is 20.4. The maximum Gasteiger partial charge on any atom is 0.317 e. The molecule has 1 N–H and O–H groups in total. The molecule has 0 bridgehead atoms. The summed E-state index contributed by atoms with van der Waals surface area (Å²) in [6.07, 6.45) is 9.34. The summed E-state index contributed by atoms with van der Waals surface area (Å²) in [5, 5.41) is 3.03. The van der Waals surface area contributed by atoms with Crippen molar-refractivity contribution >= 4 is 6.03 Å². The van der Waals surface area contributed by atoms with Gasteiger partial charge in [-0.25, -0.2) is 4.79 Å². The van der Waals surface area contributed by atoms with Crippen molar-refractivity contribution in [1.82, 2.24) is 10.2 Å². The number of nitrogens with zero attached hydrogens (tertiary/aromatic N) is 1. The van der Waals surface area contributed by atoms with Gasteiger partial charge >= 0.3 is 6.03 Å². The molecule has 0 spiro atoms. The summed E-state index contributed by atoms with van der Waals surface area (Å²) >= 11 is 0. The molecule has 0 aromatic heterocycles. The molecule has 24 heavy (non-hydrogen) atoms. The van der Waals surface area contributed by atoms with Crippen molar-refractivity contribution in [3.8, 4) is 5.75 Å². The molecule has 1 saturated heterocycles. The second kappa shape index (κ2) is 8.41. The fourth-order valence-electron chi connectivity index (χ4n) is 3.99. The van der Waals surface area contributed by atoms with Crippen LogP contribution in [0.5, 0.6) is 5.75 Å². The van der Waals surface area contributed by atoms with Gasteiger partial charge in [-0.1, -0.05) is 19.1 Å². The highest BCUT2D eigenvalue weighted by atomic mass is 16.5. The van der Waals surface area contributed by atoms with Crippen LogP contribution in [0.25, 0.3) is 0 Å². The Labute approximate surface area is 145 Å². The van der Waals surface area contributed by atoms with Gasteiger partial charge in [-0.3, -0.25) is 0 Å². The van der Waals surface area contributed by atoms with Crippen molar-refractivity contribution in [3.63, 3.8) is 0 Å². The number of carbonyl (C=O) groups is 1. The third kappa shape index (κ3) is 4.03. The van der Waals surface area contributed by atoms with Crippen LogP contribution in [-0.4, -0.2) is 36.7 Å². The molecule has 1 aliphatic heterocycles. The minimum atomic E-state index is 0.0697. The number of nitrogens with one attached hydrogen (secondary N) is 1. The maximum atomic E-state index is 12.4. The number of urea groups is 1. The third-order valence-electron chi connectivity index (χ3n) is 5.35. The Morgan fingerprint density at radius 1 is 1.25 bits per heavy atom. The number of aryl methyl sites for hydroxylation is 1. The third-order valence-corrected chi connectivity index (χ3v) is 5.35. The molecule has 1 aromatic carbocycles. The first-order valence-corrected chi connectivity index (χ1v) is 9.57. The van der Waals surface area contributed by atoms with E-state index in [1.54, 1.807) is 0 Å². The van der Waals surface area contributed by atoms with Crippen molar-refractivity contribution in [3.05, 3.63) is 29.3 Å². The number of amides is 2. The Balaban J connectivity index is 1.46. The summed E-state index contributed by atoms with van der Waals surface area (Å²) in [5.74, 6) is 1.01. The zero-order valence-corrected chi connectivity index (χ0v) is 14.9. The van der Waals surface area contributed by atoms with Gasteiger partial charge in [0.1, 0.15) is 12.4 Å². The van der Waals surface area contributed by atoms with Gasteiger partial charge in [0.2, 0.25) is 0 Å². The number of piperidine rings is 1. The van der Waals surface area contributed by atoms with Gasteiger partial charge < -0.3 is 15.0 Å². The summed E-state index contributed by atoms with van der Waals surface area (Å²) < 4.78 is 5.96. The van der Waals surface area contributed by atoms with Gasteiger partial charge in [0.15, 0.2) is 0 Å². The standard InChI is InChI=1S/C20H30N2O2/c1-2-17-10-5-6-14-22(17)20(23)21-13-15-24-19-12-7-9-16-8-3-4-11-18(16)19/h7,9,12,17H,2-6,8,10-11,13-15H2,1H3,(H,21,23). The summed E-state index contributed by atoms with van der Waals surface area (Å²) in [7, 11) is 0. The fraction of sp³-hybridized carbons (Fsp3) is 0.650. The number of hydrogen-bond acceptors (Lipinski definition) is 2. The molecule has 1 unspecified atom stereocenters. The molecule has 0 radical (unpaired) electrons. The van der Waals surface area contributed by atoms with Gasteiger partial charge in [-0.05, 0) is 68.6 Å². The quantitative estimate of drug-likeness (QED) is 0.832. The van der Waals surface area contributed by atoms with E-state index in [9.17, 15) is 4.79 Å². The molecule has 2 aliphatic rings. The average molecular weight is 330 g/mol. The lowest BCUT2D eigenvalue weighted by Gasteiger charge is -2.35. The summed E-state index contributed by atoms with van der Waals surface area (Å²) in [6.45, 7) is 4.15. The molecule has 1 heterocycles. The highest BCUT2D eigenvalue weighted by Crippen LogP contribution is 2.29. The maximum absolute atomic E-state index is 12.4. The molecule has 4 nitrogen and oxygen atoms in total. The van der Waals surface area contributed by atoms with E-state index in [4.69, 9.17) is 4.74 Å². The van der Waals surface area contributed by atoms with Gasteiger partial charge in [0.25, 0.3) is 0 Å². The molecular formula is C20H30N2O2. The van der Waals surface area contributed by atoms with Crippen molar-refractivity contribution in [2.45, 2.75) is 64.3 Å². The Morgan fingerprint density at radius 2 is 2.12 bits per heavy atom.